The lowest BCUT2D eigenvalue weighted by Crippen LogP contribution is -2.40. The molecule has 3 rings (SSSR count). The summed E-state index contributed by atoms with van der Waals surface area (Å²) in [5, 5.41) is 0. The zero-order valence-corrected chi connectivity index (χ0v) is 13.8. The van der Waals surface area contributed by atoms with E-state index >= 15 is 0 Å². The summed E-state index contributed by atoms with van der Waals surface area (Å²) in [6, 6.07) is 6.40. The Morgan fingerprint density at radius 2 is 1.96 bits per heavy atom. The van der Waals surface area contributed by atoms with Crippen LogP contribution < -0.4 is 5.73 Å². The number of rotatable bonds is 3. The van der Waals surface area contributed by atoms with Gasteiger partial charge in [0.25, 0.3) is 0 Å². The van der Waals surface area contributed by atoms with Crippen LogP contribution in [0, 0.1) is 5.92 Å². The SMILES string of the molecule is CN1CCN(C(=O)Cc2ccc3c(c2)CCC3)C[C@@H](C(N)=O)C1. The number of benzene rings is 1. The van der Waals surface area contributed by atoms with Gasteiger partial charge < -0.3 is 15.5 Å². The molecule has 1 saturated heterocycles. The van der Waals surface area contributed by atoms with E-state index in [0.29, 0.717) is 26.1 Å². The zero-order chi connectivity index (χ0) is 16.4. The monoisotopic (exact) mass is 315 g/mol. The average Bonchev–Trinajstić information content (AvgIpc) is 2.87. The number of primary amides is 1. The van der Waals surface area contributed by atoms with Gasteiger partial charge in [0.05, 0.1) is 12.3 Å². The number of nitrogens with zero attached hydrogens (tertiary/aromatic N) is 2. The fourth-order valence-electron chi connectivity index (χ4n) is 3.60. The predicted molar refractivity (Wildman–Crippen MR) is 88.9 cm³/mol. The summed E-state index contributed by atoms with van der Waals surface area (Å²) in [5.74, 6) is -0.523. The molecule has 1 fully saturated rings. The van der Waals surface area contributed by atoms with Gasteiger partial charge in [0.1, 0.15) is 0 Å². The molecule has 2 amide bonds. The molecule has 124 valence electrons. The lowest BCUT2D eigenvalue weighted by Gasteiger charge is -2.22. The Bertz CT molecular complexity index is 614. The average molecular weight is 315 g/mol. The molecular weight excluding hydrogens is 290 g/mol. The van der Waals surface area contributed by atoms with E-state index in [1.807, 2.05) is 7.05 Å². The van der Waals surface area contributed by atoms with E-state index in [2.05, 4.69) is 23.1 Å². The third kappa shape index (κ3) is 3.72. The van der Waals surface area contributed by atoms with Crippen LogP contribution in [0.15, 0.2) is 18.2 Å². The minimum Gasteiger partial charge on any atom is -0.369 e. The third-order valence-corrected chi connectivity index (χ3v) is 5.00. The van der Waals surface area contributed by atoms with Crippen molar-refractivity contribution in [2.24, 2.45) is 11.7 Å². The molecule has 1 aliphatic heterocycles. The summed E-state index contributed by atoms with van der Waals surface area (Å²) in [7, 11) is 1.96. The van der Waals surface area contributed by atoms with Crippen LogP contribution >= 0.6 is 0 Å². The van der Waals surface area contributed by atoms with Crippen molar-refractivity contribution in [3.8, 4) is 0 Å². The molecule has 5 heteroatoms. The molecule has 0 spiro atoms. The number of likely N-dealkylation sites (N-methyl/N-ethyl adjacent to an activating group) is 1. The largest absolute Gasteiger partial charge is 0.369 e. The van der Waals surface area contributed by atoms with Gasteiger partial charge in [-0.25, -0.2) is 0 Å². The van der Waals surface area contributed by atoms with Gasteiger partial charge in [-0.3, -0.25) is 9.59 Å². The molecule has 23 heavy (non-hydrogen) atoms. The van der Waals surface area contributed by atoms with Gasteiger partial charge in [0.15, 0.2) is 0 Å². The maximum absolute atomic E-state index is 12.7. The Kier molecular flexibility index (Phi) is 4.66. The number of amides is 2. The highest BCUT2D eigenvalue weighted by atomic mass is 16.2. The second-order valence-corrected chi connectivity index (χ2v) is 6.83. The summed E-state index contributed by atoms with van der Waals surface area (Å²) in [6.07, 6.45) is 3.89. The molecule has 0 unspecified atom stereocenters. The fraction of sp³-hybridized carbons (Fsp3) is 0.556. The fourth-order valence-corrected chi connectivity index (χ4v) is 3.60. The summed E-state index contributed by atoms with van der Waals surface area (Å²) in [4.78, 5) is 28.1. The lowest BCUT2D eigenvalue weighted by atomic mass is 10.0. The summed E-state index contributed by atoms with van der Waals surface area (Å²) < 4.78 is 0. The molecule has 2 aliphatic rings. The minimum atomic E-state index is -0.325. The summed E-state index contributed by atoms with van der Waals surface area (Å²) in [6.45, 7) is 2.49. The number of aryl methyl sites for hydroxylation is 2. The number of fused-ring (bicyclic) bond motifs is 1. The van der Waals surface area contributed by atoms with Crippen LogP contribution in [0.5, 0.6) is 0 Å². The summed E-state index contributed by atoms with van der Waals surface area (Å²) in [5.41, 5.74) is 9.36. The van der Waals surface area contributed by atoms with Crippen molar-refractivity contribution >= 4 is 11.8 Å². The van der Waals surface area contributed by atoms with E-state index in [4.69, 9.17) is 5.73 Å². The Hall–Kier alpha value is -1.88. The van der Waals surface area contributed by atoms with E-state index in [1.165, 1.54) is 17.5 Å². The Morgan fingerprint density at radius 3 is 2.74 bits per heavy atom. The highest BCUT2D eigenvalue weighted by Gasteiger charge is 2.27. The van der Waals surface area contributed by atoms with Crippen LogP contribution in [0.4, 0.5) is 0 Å². The highest BCUT2D eigenvalue weighted by molar-refractivity contribution is 5.81. The number of nitrogens with two attached hydrogens (primary N) is 1. The summed E-state index contributed by atoms with van der Waals surface area (Å²) >= 11 is 0. The Labute approximate surface area is 137 Å². The molecule has 1 aromatic carbocycles. The van der Waals surface area contributed by atoms with Crippen molar-refractivity contribution in [2.75, 3.05) is 33.2 Å². The molecule has 1 heterocycles. The first-order valence-electron chi connectivity index (χ1n) is 8.39. The second-order valence-electron chi connectivity index (χ2n) is 6.83. The number of carbonyl (C=O) groups excluding carboxylic acids is 2. The predicted octanol–water partition coefficient (Wildman–Crippen LogP) is 0.593. The molecule has 0 saturated carbocycles. The van der Waals surface area contributed by atoms with Crippen molar-refractivity contribution < 1.29 is 9.59 Å². The van der Waals surface area contributed by atoms with Gasteiger partial charge in [-0.05, 0) is 43.0 Å². The van der Waals surface area contributed by atoms with Crippen molar-refractivity contribution in [1.82, 2.24) is 9.80 Å². The van der Waals surface area contributed by atoms with E-state index < -0.39 is 0 Å². The Morgan fingerprint density at radius 1 is 1.17 bits per heavy atom. The maximum Gasteiger partial charge on any atom is 0.227 e. The van der Waals surface area contributed by atoms with Gasteiger partial charge >= 0.3 is 0 Å². The van der Waals surface area contributed by atoms with E-state index in [1.54, 1.807) is 4.90 Å². The molecule has 0 aromatic heterocycles. The van der Waals surface area contributed by atoms with Gasteiger partial charge in [0, 0.05) is 26.2 Å². The van der Waals surface area contributed by atoms with Crippen LogP contribution in [0.2, 0.25) is 0 Å². The number of carbonyl (C=O) groups is 2. The van der Waals surface area contributed by atoms with Crippen LogP contribution in [0.3, 0.4) is 0 Å². The van der Waals surface area contributed by atoms with Crippen molar-refractivity contribution in [3.63, 3.8) is 0 Å². The molecule has 0 bridgehead atoms. The van der Waals surface area contributed by atoms with Crippen LogP contribution in [0.25, 0.3) is 0 Å². The van der Waals surface area contributed by atoms with E-state index in [9.17, 15) is 9.59 Å². The van der Waals surface area contributed by atoms with Gasteiger partial charge in [-0.15, -0.1) is 0 Å². The molecule has 0 radical (unpaired) electrons. The van der Waals surface area contributed by atoms with Crippen LogP contribution in [0.1, 0.15) is 23.1 Å². The number of hydrogen-bond donors (Lipinski definition) is 1. The van der Waals surface area contributed by atoms with Gasteiger partial charge in [-0.1, -0.05) is 18.2 Å². The molecule has 1 aromatic rings. The molecule has 5 nitrogen and oxygen atoms in total. The first-order chi connectivity index (χ1) is 11.0. The smallest absolute Gasteiger partial charge is 0.227 e. The van der Waals surface area contributed by atoms with Crippen LogP contribution in [-0.4, -0.2) is 54.8 Å². The van der Waals surface area contributed by atoms with Crippen LogP contribution in [-0.2, 0) is 28.9 Å². The number of hydrogen-bond acceptors (Lipinski definition) is 3. The van der Waals surface area contributed by atoms with E-state index in [-0.39, 0.29) is 17.7 Å². The Balaban J connectivity index is 1.68. The first-order valence-corrected chi connectivity index (χ1v) is 8.39. The zero-order valence-electron chi connectivity index (χ0n) is 13.8. The van der Waals surface area contributed by atoms with Crippen molar-refractivity contribution in [3.05, 3.63) is 34.9 Å². The highest BCUT2D eigenvalue weighted by Crippen LogP contribution is 2.23. The van der Waals surface area contributed by atoms with Crippen molar-refractivity contribution in [1.29, 1.82) is 0 Å². The second kappa shape index (κ2) is 6.71. The standard InChI is InChI=1S/C18H25N3O2/c1-20-7-8-21(12-16(11-20)18(19)23)17(22)10-13-5-6-14-3-2-4-15(14)9-13/h5-6,9,16H,2-4,7-8,10-12H2,1H3,(H2,19,23)/t16-/m0/s1. The topological polar surface area (TPSA) is 66.6 Å². The molecule has 1 aliphatic carbocycles. The quantitative estimate of drug-likeness (QED) is 0.888. The van der Waals surface area contributed by atoms with E-state index in [0.717, 1.165) is 24.9 Å². The normalized spacial score (nSPS) is 21.8. The lowest BCUT2D eigenvalue weighted by molar-refractivity contribution is -0.131. The maximum atomic E-state index is 12.7. The molecule has 2 N–H and O–H groups in total. The third-order valence-electron chi connectivity index (χ3n) is 5.00. The van der Waals surface area contributed by atoms with Gasteiger partial charge in [0.2, 0.25) is 11.8 Å². The first kappa shape index (κ1) is 16.0. The molecule has 1 atom stereocenters. The minimum absolute atomic E-state index is 0.0875. The molecular formula is C18H25N3O2. The van der Waals surface area contributed by atoms with Gasteiger partial charge in [-0.2, -0.15) is 0 Å². The van der Waals surface area contributed by atoms with Crippen molar-refractivity contribution in [2.45, 2.75) is 25.7 Å².